The first-order valence-electron chi connectivity index (χ1n) is 37.7. The molecule has 2 fully saturated rings. The summed E-state index contributed by atoms with van der Waals surface area (Å²) in [6.07, 6.45) is -98.1. The highest BCUT2D eigenvalue weighted by molar-refractivity contribution is 5.78. The summed E-state index contributed by atoms with van der Waals surface area (Å²) in [6.45, 7) is -12.7. The first-order chi connectivity index (χ1) is 65.5. The van der Waals surface area contributed by atoms with Gasteiger partial charge in [0.15, 0.2) is 24.8 Å². The van der Waals surface area contributed by atoms with Crippen LogP contribution < -0.4 is 0 Å². The molecular formula is C65H52F68N2O15. The molecule has 2 aliphatic rings. The van der Waals surface area contributed by atoms with Gasteiger partial charge in [0.1, 0.15) is 36.6 Å². The lowest BCUT2D eigenvalue weighted by atomic mass is 9.88. The molecule has 2 heterocycles. The summed E-state index contributed by atoms with van der Waals surface area (Å²) >= 11 is 0. The van der Waals surface area contributed by atoms with Crippen LogP contribution in [0.15, 0.2) is 12.7 Å². The van der Waals surface area contributed by atoms with Crippen LogP contribution in [0.2, 0.25) is 0 Å². The average molecular weight is 2390 g/mol. The van der Waals surface area contributed by atoms with E-state index in [0.29, 0.717) is 6.08 Å². The molecule has 17 nitrogen and oxygen atoms in total. The number of ether oxygens (including phenoxy) is 6. The third-order valence-corrected chi connectivity index (χ3v) is 21.0. The largest absolute Gasteiger partial charge is 0.460 e. The Labute approximate surface area is 779 Å². The van der Waals surface area contributed by atoms with Crippen molar-refractivity contribution in [2.75, 3.05) is 46.0 Å². The summed E-state index contributed by atoms with van der Waals surface area (Å²) in [4.78, 5) is 51.5. The summed E-state index contributed by atoms with van der Waals surface area (Å²) in [5, 5.41) is 54.1. The molecule has 150 heavy (non-hydrogen) atoms. The van der Waals surface area contributed by atoms with Gasteiger partial charge in [-0.1, -0.05) is 6.08 Å². The Morgan fingerprint density at radius 1 is 0.253 bits per heavy atom. The maximum atomic E-state index is 15.1. The van der Waals surface area contributed by atoms with E-state index in [1.807, 2.05) is 0 Å². The molecule has 0 aromatic rings. The van der Waals surface area contributed by atoms with Crippen LogP contribution in [-0.2, 0) is 47.6 Å². The van der Waals surface area contributed by atoms with Gasteiger partial charge in [-0.2, -0.15) is 299 Å². The number of amides is 2. The van der Waals surface area contributed by atoms with Gasteiger partial charge in [0, 0.05) is 64.7 Å². The highest BCUT2D eigenvalue weighted by Gasteiger charge is 3.01. The molecule has 0 saturated carbocycles. The minimum atomic E-state index is -9.48. The molecule has 5 N–H and O–H groups in total. The van der Waals surface area contributed by atoms with E-state index in [2.05, 4.69) is 11.3 Å². The van der Waals surface area contributed by atoms with Gasteiger partial charge < -0.3 is 63.8 Å². The Balaban J connectivity index is 3.02. The molecule has 0 unspecified atom stereocenters. The molecule has 0 aliphatic carbocycles. The number of rotatable bonds is 53. The lowest BCUT2D eigenvalue weighted by molar-refractivity contribution is -0.461. The van der Waals surface area contributed by atoms with E-state index >= 15 is 35.1 Å². The second kappa shape index (κ2) is 42.5. The Kier molecular flexibility index (Phi) is 39.2. The lowest BCUT2D eigenvalue weighted by Crippen LogP contribution is -2.74. The van der Waals surface area contributed by atoms with Crippen molar-refractivity contribution in [2.45, 2.75) is 316 Å². The maximum Gasteiger partial charge on any atom is 0.460 e. The zero-order valence-electron chi connectivity index (χ0n) is 70.0. The number of carbonyl (C=O) groups is 4. The molecule has 2 saturated heterocycles. The van der Waals surface area contributed by atoms with E-state index < -0.39 is 396 Å². The minimum absolute atomic E-state index is 0.560. The molecule has 888 valence electrons. The SMILES string of the molecule is C=CCO[C@H]1O[C@@H](CO)[C@H](O[C@@H]2O[C@H](CO)[C@H](O)[C@H](OC(=O)CCN(CCCC(F)(F)C(F)(F)C(F)(F)C(F)(F)C(F)(F)C(F)(F)C(F)(F)C(F)(F)F)C(=O)CCC(F)(F)C(F)(F)C(F)(F)C(F)(F)C(F)(F)C(F)(F)C(F)(F)C(F)(F)F)[C@H]2O)[C@@H](OC(=O)CCN(CCCC(F)(F)C(F)(F)C(F)(F)C(F)(F)C(F)(F)C(F)(F)C(F)(F)C(F)(F)F)C(=O)CCC(F)(F)C(F)(F)C(F)(F)C(F)(F)C(F)(F)C(F)(F)C(F)(F)C(F)(F)F)[C@@H]1O. The van der Waals surface area contributed by atoms with Crippen LogP contribution in [0.3, 0.4) is 0 Å². The van der Waals surface area contributed by atoms with Gasteiger partial charge in [-0.25, -0.2) is 0 Å². The van der Waals surface area contributed by atoms with Crippen molar-refractivity contribution in [3.63, 3.8) is 0 Å². The molecule has 2 rings (SSSR count). The van der Waals surface area contributed by atoms with Gasteiger partial charge in [0.2, 0.25) is 11.8 Å². The molecule has 10 atom stereocenters. The molecule has 85 heteroatoms. The summed E-state index contributed by atoms with van der Waals surface area (Å²) in [5.74, 6) is -263. The van der Waals surface area contributed by atoms with Gasteiger partial charge >= 0.3 is 202 Å². The number of nitrogens with zero attached hydrogens (tertiary/aromatic N) is 2. The Hall–Kier alpha value is -7.50. The zero-order chi connectivity index (χ0) is 120. The Morgan fingerprint density at radius 3 is 0.687 bits per heavy atom. The number of hydrogen-bond donors (Lipinski definition) is 5. The van der Waals surface area contributed by atoms with Crippen molar-refractivity contribution in [2.24, 2.45) is 0 Å². The van der Waals surface area contributed by atoms with E-state index in [-0.39, 0.29) is 0 Å². The van der Waals surface area contributed by atoms with Crippen LogP contribution >= 0.6 is 0 Å². The predicted molar refractivity (Wildman–Crippen MR) is 332 cm³/mol. The Bertz CT molecular complexity index is 4560. The molecule has 0 bridgehead atoms. The molecule has 0 radical (unpaired) electrons. The minimum Gasteiger partial charge on any atom is -0.456 e. The van der Waals surface area contributed by atoms with Crippen LogP contribution in [0.1, 0.15) is 64.2 Å². The third-order valence-electron chi connectivity index (χ3n) is 21.0. The number of aliphatic hydroxyl groups excluding tert-OH is 5. The van der Waals surface area contributed by atoms with Crippen molar-refractivity contribution in [1.29, 1.82) is 0 Å². The second-order valence-corrected chi connectivity index (χ2v) is 31.1. The van der Waals surface area contributed by atoms with Crippen LogP contribution in [0.25, 0.3) is 0 Å². The van der Waals surface area contributed by atoms with E-state index in [1.165, 1.54) is 0 Å². The van der Waals surface area contributed by atoms with E-state index in [1.54, 1.807) is 0 Å². The molecule has 0 aromatic carbocycles. The topological polar surface area (TPSA) is 231 Å². The number of halogens is 68. The van der Waals surface area contributed by atoms with Crippen LogP contribution in [0.5, 0.6) is 0 Å². The number of hydrogen-bond acceptors (Lipinski definition) is 15. The van der Waals surface area contributed by atoms with Crippen LogP contribution in [0, 0.1) is 0 Å². The van der Waals surface area contributed by atoms with Crippen molar-refractivity contribution in [3.8, 4) is 0 Å². The van der Waals surface area contributed by atoms with Crippen LogP contribution in [0.4, 0.5) is 299 Å². The van der Waals surface area contributed by atoms with Crippen LogP contribution in [-0.4, -0.2) is 357 Å². The summed E-state index contributed by atoms with van der Waals surface area (Å²) in [7, 11) is 0. The summed E-state index contributed by atoms with van der Waals surface area (Å²) < 4.78 is 986. The molecule has 2 aliphatic heterocycles. The fourth-order valence-electron chi connectivity index (χ4n) is 11.9. The Morgan fingerprint density at radius 2 is 0.460 bits per heavy atom. The zero-order valence-corrected chi connectivity index (χ0v) is 70.0. The van der Waals surface area contributed by atoms with Gasteiger partial charge in [-0.3, -0.25) is 19.2 Å². The summed E-state index contributed by atoms with van der Waals surface area (Å²) in [6, 6.07) is 0. The highest BCUT2D eigenvalue weighted by atomic mass is 19.5. The fourth-order valence-corrected chi connectivity index (χ4v) is 11.9. The molecule has 0 aromatic heterocycles. The monoisotopic (exact) mass is 2390 g/mol. The third kappa shape index (κ3) is 22.5. The quantitative estimate of drug-likeness (QED) is 0.0217. The second-order valence-electron chi connectivity index (χ2n) is 31.1. The van der Waals surface area contributed by atoms with E-state index in [9.17, 15) is 308 Å². The molecular weight excluding hydrogens is 2340 g/mol. The first kappa shape index (κ1) is 139. The number of alkyl halides is 68. The van der Waals surface area contributed by atoms with Gasteiger partial charge in [-0.05, 0) is 12.8 Å². The van der Waals surface area contributed by atoms with Gasteiger partial charge in [0.25, 0.3) is 0 Å². The van der Waals surface area contributed by atoms with Gasteiger partial charge in [-0.15, -0.1) is 6.58 Å². The maximum absolute atomic E-state index is 15.1. The van der Waals surface area contributed by atoms with Crippen molar-refractivity contribution < 1.29 is 372 Å². The standard InChI is InChI=1S/C65H52F68N2O15/c1-2-17-145-32-28(144)31(149-25(141)8-16-135(14-4-10-35(68,69)39(76,77)43(84,85)47(92,93)51(100,101)55(108,109)59(116,117)63(125,126)127)23(139)6-12-37(72,73)41(80,81)45(88,89)49(96,97)53(104,105)57(112,113)61(120,121)65(131,132)133)29(21(19-137)147-32)150-33-27(143)30(26(142)20(18-136)146-33)148-24(140)7-15-134(13-3-9-34(66,67)38(74,75)42(82,83)46(90,91)50(98,99)54(106,107)58(114,115)62(122,123)124)22(138)5-11-36(70,71)40(78,79)44(86,87)48(94,95)52(102,103)56(110,111)60(118,119)64(128,129)130/h2,20-21,26-33,136-137,142-144H,1,3-19H2/t20-,21+,26+,27-,28+,29+,30+,31+,32+,33+/m1/s1. The normalized spacial score (nSPS) is 21.7. The van der Waals surface area contributed by atoms with Crippen molar-refractivity contribution in [1.82, 2.24) is 9.80 Å². The highest BCUT2D eigenvalue weighted by Crippen LogP contribution is 2.71. The van der Waals surface area contributed by atoms with Gasteiger partial charge in [0.05, 0.1) is 32.7 Å². The number of carbonyl (C=O) groups excluding carboxylic acids is 4. The first-order valence-corrected chi connectivity index (χ1v) is 37.7. The average Bonchev–Trinajstić information content (AvgIpc) is 0.703. The molecule has 2 amide bonds. The van der Waals surface area contributed by atoms with Crippen molar-refractivity contribution >= 4 is 23.8 Å². The lowest BCUT2D eigenvalue weighted by Gasteiger charge is -2.47. The number of esters is 2. The smallest absolute Gasteiger partial charge is 0.456 e. The van der Waals surface area contributed by atoms with E-state index in [4.69, 9.17) is 23.7 Å². The predicted octanol–water partition coefficient (Wildman–Crippen LogP) is 20.5. The number of aliphatic hydroxyl groups is 5. The van der Waals surface area contributed by atoms with Crippen molar-refractivity contribution in [3.05, 3.63) is 12.7 Å². The summed E-state index contributed by atoms with van der Waals surface area (Å²) in [5.41, 5.74) is 0. The fraction of sp³-hybridized carbons (Fsp3) is 0.908. The van der Waals surface area contributed by atoms with E-state index in [0.717, 1.165) is 0 Å². The molecule has 0 spiro atoms.